The average Bonchev–Trinajstić information content (AvgIpc) is 2.59. The maximum absolute atomic E-state index is 12.1. The van der Waals surface area contributed by atoms with E-state index in [0.29, 0.717) is 11.3 Å². The zero-order valence-corrected chi connectivity index (χ0v) is 11.8. The standard InChI is InChI=1S/C13H14BrN3O/c1-8-3-4-9(2)17(8)16-13(18)10-5-11(14)7-12(15)6-10/h3-7H,15H2,1-2H3,(H,16,18). The molecule has 18 heavy (non-hydrogen) atoms. The summed E-state index contributed by atoms with van der Waals surface area (Å²) >= 11 is 3.32. The van der Waals surface area contributed by atoms with E-state index in [9.17, 15) is 4.79 Å². The van der Waals surface area contributed by atoms with Crippen molar-refractivity contribution in [3.63, 3.8) is 0 Å². The first-order valence-corrected chi connectivity index (χ1v) is 6.29. The summed E-state index contributed by atoms with van der Waals surface area (Å²) in [7, 11) is 0. The van der Waals surface area contributed by atoms with E-state index in [2.05, 4.69) is 21.4 Å². The van der Waals surface area contributed by atoms with Crippen LogP contribution in [-0.4, -0.2) is 10.6 Å². The predicted molar refractivity (Wildman–Crippen MR) is 76.2 cm³/mol. The Morgan fingerprint density at radius 1 is 1.22 bits per heavy atom. The Labute approximate surface area is 114 Å². The minimum atomic E-state index is -0.189. The van der Waals surface area contributed by atoms with Crippen LogP contribution in [0.2, 0.25) is 0 Å². The van der Waals surface area contributed by atoms with Crippen molar-refractivity contribution in [3.8, 4) is 0 Å². The molecule has 94 valence electrons. The predicted octanol–water partition coefficient (Wildman–Crippen LogP) is 2.83. The highest BCUT2D eigenvalue weighted by atomic mass is 79.9. The molecule has 1 amide bonds. The molecule has 1 heterocycles. The molecule has 0 saturated heterocycles. The fraction of sp³-hybridized carbons (Fsp3) is 0.154. The number of nitrogen functional groups attached to an aromatic ring is 1. The Kier molecular flexibility index (Phi) is 3.43. The molecule has 0 bridgehead atoms. The van der Waals surface area contributed by atoms with Crippen molar-refractivity contribution in [2.45, 2.75) is 13.8 Å². The molecule has 4 nitrogen and oxygen atoms in total. The molecule has 0 aliphatic heterocycles. The lowest BCUT2D eigenvalue weighted by molar-refractivity contribution is 0.101. The Morgan fingerprint density at radius 3 is 2.39 bits per heavy atom. The van der Waals surface area contributed by atoms with Gasteiger partial charge in [0.25, 0.3) is 5.91 Å². The van der Waals surface area contributed by atoms with Crippen LogP contribution in [-0.2, 0) is 0 Å². The van der Waals surface area contributed by atoms with Gasteiger partial charge < -0.3 is 5.73 Å². The number of anilines is 1. The monoisotopic (exact) mass is 307 g/mol. The van der Waals surface area contributed by atoms with E-state index in [0.717, 1.165) is 15.9 Å². The van der Waals surface area contributed by atoms with Crippen LogP contribution in [0.4, 0.5) is 5.69 Å². The average molecular weight is 308 g/mol. The van der Waals surface area contributed by atoms with Gasteiger partial charge in [-0.15, -0.1) is 0 Å². The van der Waals surface area contributed by atoms with Crippen LogP contribution in [0.25, 0.3) is 0 Å². The summed E-state index contributed by atoms with van der Waals surface area (Å²) in [5, 5.41) is 0. The van der Waals surface area contributed by atoms with Crippen molar-refractivity contribution in [2.24, 2.45) is 0 Å². The summed E-state index contributed by atoms with van der Waals surface area (Å²) in [6, 6.07) is 9.03. The number of hydrogen-bond donors (Lipinski definition) is 2. The van der Waals surface area contributed by atoms with E-state index in [1.165, 1.54) is 0 Å². The quantitative estimate of drug-likeness (QED) is 0.838. The fourth-order valence-corrected chi connectivity index (χ4v) is 2.27. The van der Waals surface area contributed by atoms with Crippen molar-refractivity contribution in [2.75, 3.05) is 11.2 Å². The van der Waals surface area contributed by atoms with Gasteiger partial charge in [0.2, 0.25) is 0 Å². The zero-order chi connectivity index (χ0) is 13.3. The number of nitrogens with one attached hydrogen (secondary N) is 1. The largest absolute Gasteiger partial charge is 0.399 e. The molecule has 0 saturated carbocycles. The summed E-state index contributed by atoms with van der Waals surface area (Å²) in [6.45, 7) is 3.87. The van der Waals surface area contributed by atoms with Crippen molar-refractivity contribution < 1.29 is 4.79 Å². The molecule has 2 rings (SSSR count). The van der Waals surface area contributed by atoms with Crippen molar-refractivity contribution in [1.82, 2.24) is 4.68 Å². The van der Waals surface area contributed by atoms with Crippen LogP contribution in [0.1, 0.15) is 21.7 Å². The number of rotatable bonds is 2. The number of amides is 1. The maximum Gasteiger partial charge on any atom is 0.270 e. The normalized spacial score (nSPS) is 10.4. The second kappa shape index (κ2) is 4.86. The Hall–Kier alpha value is -1.75. The number of nitrogens with two attached hydrogens (primary N) is 1. The molecular weight excluding hydrogens is 294 g/mol. The molecule has 0 unspecified atom stereocenters. The number of nitrogens with zero attached hydrogens (tertiary/aromatic N) is 1. The molecule has 0 aliphatic rings. The molecule has 1 aromatic carbocycles. The summed E-state index contributed by atoms with van der Waals surface area (Å²) in [5.74, 6) is -0.189. The molecule has 0 aliphatic carbocycles. The van der Waals surface area contributed by atoms with Gasteiger partial charge in [-0.25, -0.2) is 0 Å². The number of aromatic nitrogens is 1. The molecule has 0 fully saturated rings. The van der Waals surface area contributed by atoms with Crippen LogP contribution >= 0.6 is 15.9 Å². The van der Waals surface area contributed by atoms with Gasteiger partial charge >= 0.3 is 0 Å². The Morgan fingerprint density at radius 2 is 1.83 bits per heavy atom. The van der Waals surface area contributed by atoms with Crippen molar-refractivity contribution in [3.05, 3.63) is 51.8 Å². The van der Waals surface area contributed by atoms with Crippen LogP contribution < -0.4 is 11.2 Å². The SMILES string of the molecule is Cc1ccc(C)n1NC(=O)c1cc(N)cc(Br)c1. The number of carbonyl (C=O) groups is 1. The molecule has 2 aromatic rings. The van der Waals surface area contributed by atoms with E-state index >= 15 is 0 Å². The number of halogens is 1. The molecule has 5 heteroatoms. The third kappa shape index (κ3) is 2.56. The lowest BCUT2D eigenvalue weighted by Crippen LogP contribution is -2.24. The molecular formula is C13H14BrN3O. The summed E-state index contributed by atoms with van der Waals surface area (Å²) in [5.41, 5.74) is 11.6. The van der Waals surface area contributed by atoms with Gasteiger partial charge in [0.15, 0.2) is 0 Å². The molecule has 3 N–H and O–H groups in total. The fourth-order valence-electron chi connectivity index (χ4n) is 1.75. The third-order valence-corrected chi connectivity index (χ3v) is 3.12. The second-order valence-electron chi connectivity index (χ2n) is 4.17. The summed E-state index contributed by atoms with van der Waals surface area (Å²) in [6.07, 6.45) is 0. The first-order valence-electron chi connectivity index (χ1n) is 5.50. The molecule has 0 spiro atoms. The van der Waals surface area contributed by atoms with Gasteiger partial charge in [-0.1, -0.05) is 15.9 Å². The van der Waals surface area contributed by atoms with Gasteiger partial charge in [-0.05, 0) is 44.2 Å². The van der Waals surface area contributed by atoms with Crippen LogP contribution in [0, 0.1) is 13.8 Å². The lowest BCUT2D eigenvalue weighted by atomic mass is 10.2. The van der Waals surface area contributed by atoms with Gasteiger partial charge in [-0.2, -0.15) is 0 Å². The number of carbonyl (C=O) groups excluding carboxylic acids is 1. The highest BCUT2D eigenvalue weighted by Crippen LogP contribution is 2.17. The summed E-state index contributed by atoms with van der Waals surface area (Å²) < 4.78 is 2.54. The maximum atomic E-state index is 12.1. The smallest absolute Gasteiger partial charge is 0.270 e. The molecule has 0 atom stereocenters. The van der Waals surface area contributed by atoms with E-state index in [4.69, 9.17) is 5.73 Å². The first-order chi connectivity index (χ1) is 8.47. The second-order valence-corrected chi connectivity index (χ2v) is 5.08. The minimum Gasteiger partial charge on any atom is -0.399 e. The van der Waals surface area contributed by atoms with Gasteiger partial charge in [0, 0.05) is 27.1 Å². The molecule has 0 radical (unpaired) electrons. The van der Waals surface area contributed by atoms with E-state index in [1.807, 2.05) is 26.0 Å². The van der Waals surface area contributed by atoms with Crippen molar-refractivity contribution >= 4 is 27.5 Å². The molecule has 1 aromatic heterocycles. The number of aryl methyl sites for hydroxylation is 2. The lowest BCUT2D eigenvalue weighted by Gasteiger charge is -2.11. The van der Waals surface area contributed by atoms with Crippen LogP contribution in [0.3, 0.4) is 0 Å². The van der Waals surface area contributed by atoms with E-state index in [1.54, 1.807) is 22.9 Å². The Bertz CT molecular complexity index is 565. The number of hydrogen-bond acceptors (Lipinski definition) is 2. The highest BCUT2D eigenvalue weighted by molar-refractivity contribution is 9.10. The van der Waals surface area contributed by atoms with Crippen LogP contribution in [0.5, 0.6) is 0 Å². The van der Waals surface area contributed by atoms with Gasteiger partial charge in [0.05, 0.1) is 0 Å². The third-order valence-electron chi connectivity index (χ3n) is 2.67. The van der Waals surface area contributed by atoms with Gasteiger partial charge in [-0.3, -0.25) is 14.9 Å². The topological polar surface area (TPSA) is 60.0 Å². The van der Waals surface area contributed by atoms with Crippen molar-refractivity contribution in [1.29, 1.82) is 0 Å². The zero-order valence-electron chi connectivity index (χ0n) is 10.2. The van der Waals surface area contributed by atoms with Crippen LogP contribution in [0.15, 0.2) is 34.8 Å². The Balaban J connectivity index is 2.27. The van der Waals surface area contributed by atoms with Gasteiger partial charge in [0.1, 0.15) is 0 Å². The minimum absolute atomic E-state index is 0.189. The van der Waals surface area contributed by atoms with E-state index in [-0.39, 0.29) is 5.91 Å². The first kappa shape index (κ1) is 12.7. The number of benzene rings is 1. The summed E-state index contributed by atoms with van der Waals surface area (Å²) in [4.78, 5) is 12.1. The highest BCUT2D eigenvalue weighted by Gasteiger charge is 2.09. The van der Waals surface area contributed by atoms with E-state index < -0.39 is 0 Å².